The number of ether oxygens (including phenoxy) is 1. The maximum Gasteiger partial charge on any atom is 0.151 e. The molecule has 0 spiro atoms. The summed E-state index contributed by atoms with van der Waals surface area (Å²) in [5, 5.41) is 2.76. The van der Waals surface area contributed by atoms with E-state index in [2.05, 4.69) is 4.90 Å². The molecule has 3 heterocycles. The molecule has 1 aromatic rings. The molecule has 2 aliphatic heterocycles. The van der Waals surface area contributed by atoms with E-state index < -0.39 is 9.84 Å². The highest BCUT2D eigenvalue weighted by Gasteiger charge is 2.34. The predicted octanol–water partition coefficient (Wildman–Crippen LogP) is 2.57. The van der Waals surface area contributed by atoms with Crippen molar-refractivity contribution in [3.63, 3.8) is 0 Å². The molecule has 2 atom stereocenters. The molecule has 2 saturated heterocycles. The minimum absolute atomic E-state index is 0.0948. The highest BCUT2D eigenvalue weighted by molar-refractivity contribution is 7.91. The second-order valence-corrected chi connectivity index (χ2v) is 9.45. The van der Waals surface area contributed by atoms with Crippen molar-refractivity contribution in [3.05, 3.63) is 21.3 Å². The van der Waals surface area contributed by atoms with Crippen LogP contribution >= 0.6 is 22.9 Å². The van der Waals surface area contributed by atoms with E-state index in [0.29, 0.717) is 5.75 Å². The lowest BCUT2D eigenvalue weighted by atomic mass is 10.1. The minimum Gasteiger partial charge on any atom is -0.377 e. The lowest BCUT2D eigenvalue weighted by molar-refractivity contribution is 0.0579. The van der Waals surface area contributed by atoms with Gasteiger partial charge in [-0.2, -0.15) is 0 Å². The Hall–Kier alpha value is -0.140. The summed E-state index contributed by atoms with van der Waals surface area (Å²) in [4.78, 5) is 3.37. The molecule has 0 saturated carbocycles. The molecule has 2 fully saturated rings. The van der Waals surface area contributed by atoms with Crippen molar-refractivity contribution in [3.8, 4) is 0 Å². The predicted molar refractivity (Wildman–Crippen MR) is 85.8 cm³/mol. The van der Waals surface area contributed by atoms with Gasteiger partial charge < -0.3 is 4.74 Å². The van der Waals surface area contributed by atoms with Gasteiger partial charge in [-0.25, -0.2) is 8.42 Å². The van der Waals surface area contributed by atoms with Crippen LogP contribution in [0.25, 0.3) is 0 Å². The number of rotatable bonds is 5. The van der Waals surface area contributed by atoms with Crippen molar-refractivity contribution in [2.24, 2.45) is 0 Å². The van der Waals surface area contributed by atoms with Gasteiger partial charge in [-0.1, -0.05) is 11.6 Å². The lowest BCUT2D eigenvalue weighted by Gasteiger charge is -2.30. The van der Waals surface area contributed by atoms with Gasteiger partial charge in [0.05, 0.1) is 22.6 Å². The van der Waals surface area contributed by atoms with E-state index in [1.807, 2.05) is 11.4 Å². The van der Waals surface area contributed by atoms with Crippen LogP contribution < -0.4 is 0 Å². The molecular formula is C14H20ClNO3S2. The summed E-state index contributed by atoms with van der Waals surface area (Å²) >= 11 is 7.83. The Labute approximate surface area is 135 Å². The van der Waals surface area contributed by atoms with Gasteiger partial charge in [0.2, 0.25) is 0 Å². The monoisotopic (exact) mass is 349 g/mol. The molecule has 0 unspecified atom stereocenters. The molecule has 0 amide bonds. The van der Waals surface area contributed by atoms with Crippen LogP contribution in [0.1, 0.15) is 24.1 Å². The molecule has 0 N–H and O–H groups in total. The molecule has 1 aromatic heterocycles. The Morgan fingerprint density at radius 1 is 1.43 bits per heavy atom. The summed E-state index contributed by atoms with van der Waals surface area (Å²) < 4.78 is 29.3. The average Bonchev–Trinajstić information content (AvgIpc) is 3.12. The zero-order valence-corrected chi connectivity index (χ0v) is 14.2. The minimum atomic E-state index is -2.88. The van der Waals surface area contributed by atoms with E-state index in [4.69, 9.17) is 16.3 Å². The smallest absolute Gasteiger partial charge is 0.151 e. The molecule has 118 valence electrons. The first-order chi connectivity index (χ1) is 10.0. The molecule has 7 heteroatoms. The van der Waals surface area contributed by atoms with E-state index in [0.717, 1.165) is 48.9 Å². The number of halogens is 1. The average molecular weight is 350 g/mol. The maximum atomic E-state index is 11.8. The van der Waals surface area contributed by atoms with E-state index in [1.165, 1.54) is 0 Å². The summed E-state index contributed by atoms with van der Waals surface area (Å²) in [6.07, 6.45) is 3.11. The van der Waals surface area contributed by atoms with Crippen LogP contribution in [-0.2, 0) is 21.1 Å². The van der Waals surface area contributed by atoms with E-state index in [9.17, 15) is 8.42 Å². The highest BCUT2D eigenvalue weighted by Crippen LogP contribution is 2.28. The largest absolute Gasteiger partial charge is 0.377 e. The molecule has 0 aromatic carbocycles. The Morgan fingerprint density at radius 2 is 2.29 bits per heavy atom. The molecule has 0 radical (unpaired) electrons. The van der Waals surface area contributed by atoms with Crippen LogP contribution in [0.3, 0.4) is 0 Å². The third kappa shape index (κ3) is 3.99. The quantitative estimate of drug-likeness (QED) is 0.819. The topological polar surface area (TPSA) is 46.6 Å². The summed E-state index contributed by atoms with van der Waals surface area (Å²) in [5.74, 6) is 0.570. The molecular weight excluding hydrogens is 330 g/mol. The molecule has 21 heavy (non-hydrogen) atoms. The number of hydrogen-bond acceptors (Lipinski definition) is 5. The summed E-state index contributed by atoms with van der Waals surface area (Å²) in [6.45, 7) is 2.34. The SMILES string of the molecule is O=S1(=O)CC[C@H](N(Cc2sccc2Cl)C[C@@H]2CCCO2)C1. The van der Waals surface area contributed by atoms with Crippen LogP contribution in [0.4, 0.5) is 0 Å². The van der Waals surface area contributed by atoms with Crippen LogP contribution in [-0.4, -0.2) is 50.1 Å². The molecule has 0 aliphatic carbocycles. The number of thiophene rings is 1. The van der Waals surface area contributed by atoms with Gasteiger partial charge in [-0.3, -0.25) is 4.90 Å². The Kier molecular flexibility index (Phi) is 4.90. The van der Waals surface area contributed by atoms with Gasteiger partial charge in [0.25, 0.3) is 0 Å². The zero-order chi connectivity index (χ0) is 14.9. The van der Waals surface area contributed by atoms with Gasteiger partial charge in [0.15, 0.2) is 9.84 Å². The van der Waals surface area contributed by atoms with Crippen LogP contribution in [0, 0.1) is 0 Å². The molecule has 2 aliphatic rings. The van der Waals surface area contributed by atoms with Crippen molar-refractivity contribution in [1.29, 1.82) is 0 Å². The Bertz CT molecular complexity index is 581. The van der Waals surface area contributed by atoms with Gasteiger partial charge in [-0.05, 0) is 30.7 Å². The Balaban J connectivity index is 1.72. The van der Waals surface area contributed by atoms with E-state index in [-0.39, 0.29) is 17.9 Å². The fourth-order valence-corrected chi connectivity index (χ4v) is 5.96. The fraction of sp³-hybridized carbons (Fsp3) is 0.714. The first-order valence-corrected chi connectivity index (χ1v) is 10.4. The third-order valence-electron chi connectivity index (χ3n) is 4.22. The Morgan fingerprint density at radius 3 is 2.86 bits per heavy atom. The van der Waals surface area contributed by atoms with Gasteiger partial charge in [-0.15, -0.1) is 11.3 Å². The summed E-state index contributed by atoms with van der Waals surface area (Å²) in [6, 6.07) is 1.99. The zero-order valence-electron chi connectivity index (χ0n) is 11.8. The van der Waals surface area contributed by atoms with Gasteiger partial charge in [0.1, 0.15) is 0 Å². The number of sulfone groups is 1. The van der Waals surface area contributed by atoms with Crippen LogP contribution in [0.2, 0.25) is 5.02 Å². The third-order valence-corrected chi connectivity index (χ3v) is 7.35. The van der Waals surface area contributed by atoms with E-state index >= 15 is 0 Å². The lowest BCUT2D eigenvalue weighted by Crippen LogP contribution is -2.40. The molecule has 3 rings (SSSR count). The highest BCUT2D eigenvalue weighted by atomic mass is 35.5. The van der Waals surface area contributed by atoms with Crippen LogP contribution in [0.5, 0.6) is 0 Å². The second kappa shape index (κ2) is 6.54. The fourth-order valence-electron chi connectivity index (χ4n) is 3.08. The van der Waals surface area contributed by atoms with Crippen molar-refractivity contribution in [1.82, 2.24) is 4.90 Å². The van der Waals surface area contributed by atoms with Crippen molar-refractivity contribution >= 4 is 32.8 Å². The van der Waals surface area contributed by atoms with Crippen molar-refractivity contribution in [2.75, 3.05) is 24.7 Å². The van der Waals surface area contributed by atoms with Crippen molar-refractivity contribution < 1.29 is 13.2 Å². The normalized spacial score (nSPS) is 28.5. The van der Waals surface area contributed by atoms with Gasteiger partial charge in [0, 0.05) is 30.6 Å². The molecule has 4 nitrogen and oxygen atoms in total. The number of hydrogen-bond donors (Lipinski definition) is 0. The first-order valence-electron chi connectivity index (χ1n) is 7.31. The van der Waals surface area contributed by atoms with Gasteiger partial charge >= 0.3 is 0 Å². The van der Waals surface area contributed by atoms with Crippen LogP contribution in [0.15, 0.2) is 11.4 Å². The second-order valence-electron chi connectivity index (χ2n) is 5.81. The standard InChI is InChI=1S/C14H20ClNO3S2/c15-13-3-6-20-14(13)9-16(8-12-2-1-5-19-12)11-4-7-21(17,18)10-11/h3,6,11-12H,1-2,4-5,7-10H2/t11-,12-/m0/s1. The summed E-state index contributed by atoms with van der Waals surface area (Å²) in [5.41, 5.74) is 0. The summed E-state index contributed by atoms with van der Waals surface area (Å²) in [7, 11) is -2.88. The van der Waals surface area contributed by atoms with Crippen molar-refractivity contribution in [2.45, 2.75) is 38.0 Å². The maximum absolute atomic E-state index is 11.8. The number of nitrogens with zero attached hydrogens (tertiary/aromatic N) is 1. The molecule has 0 bridgehead atoms. The first kappa shape index (κ1) is 15.7. The van der Waals surface area contributed by atoms with E-state index in [1.54, 1.807) is 11.3 Å².